The SMILES string of the molecule is Cc1c(Cl)cccc1NC(=O)N/N=C/c1ccccc1[N+](=O)[O-]. The van der Waals surface area contributed by atoms with Gasteiger partial charge < -0.3 is 5.32 Å². The van der Waals surface area contributed by atoms with Crippen molar-refractivity contribution in [3.8, 4) is 0 Å². The maximum absolute atomic E-state index is 11.8. The van der Waals surface area contributed by atoms with Crippen molar-refractivity contribution in [3.63, 3.8) is 0 Å². The number of carbonyl (C=O) groups is 1. The molecule has 0 fully saturated rings. The highest BCUT2D eigenvalue weighted by atomic mass is 35.5. The van der Waals surface area contributed by atoms with Crippen LogP contribution in [0.2, 0.25) is 5.02 Å². The molecule has 2 rings (SSSR count). The number of carbonyl (C=O) groups excluding carboxylic acids is 1. The quantitative estimate of drug-likeness (QED) is 0.507. The molecule has 8 heteroatoms. The number of para-hydroxylation sites is 1. The van der Waals surface area contributed by atoms with Gasteiger partial charge in [0, 0.05) is 16.8 Å². The van der Waals surface area contributed by atoms with Gasteiger partial charge in [-0.2, -0.15) is 5.10 Å². The highest BCUT2D eigenvalue weighted by Crippen LogP contribution is 2.22. The van der Waals surface area contributed by atoms with Crippen LogP contribution >= 0.6 is 11.6 Å². The molecule has 0 atom stereocenters. The van der Waals surface area contributed by atoms with E-state index in [4.69, 9.17) is 11.6 Å². The molecule has 0 saturated heterocycles. The maximum Gasteiger partial charge on any atom is 0.339 e. The minimum Gasteiger partial charge on any atom is -0.306 e. The molecule has 2 aromatic carbocycles. The fraction of sp³-hybridized carbons (Fsp3) is 0.0667. The van der Waals surface area contributed by atoms with Crippen LogP contribution in [0.4, 0.5) is 16.2 Å². The van der Waals surface area contributed by atoms with Crippen LogP contribution in [0.3, 0.4) is 0 Å². The molecule has 0 radical (unpaired) electrons. The lowest BCUT2D eigenvalue weighted by atomic mass is 10.2. The summed E-state index contributed by atoms with van der Waals surface area (Å²) >= 11 is 5.96. The highest BCUT2D eigenvalue weighted by molar-refractivity contribution is 6.31. The first-order chi connectivity index (χ1) is 11.0. The summed E-state index contributed by atoms with van der Waals surface area (Å²) in [6.07, 6.45) is 1.21. The summed E-state index contributed by atoms with van der Waals surface area (Å²) in [6.45, 7) is 1.77. The predicted molar refractivity (Wildman–Crippen MR) is 89.0 cm³/mol. The van der Waals surface area contributed by atoms with Crippen molar-refractivity contribution in [2.75, 3.05) is 5.32 Å². The highest BCUT2D eigenvalue weighted by Gasteiger charge is 2.10. The van der Waals surface area contributed by atoms with Crippen molar-refractivity contribution >= 4 is 35.2 Å². The molecule has 0 saturated carbocycles. The smallest absolute Gasteiger partial charge is 0.306 e. The molecule has 0 aliphatic carbocycles. The van der Waals surface area contributed by atoms with E-state index in [9.17, 15) is 14.9 Å². The number of hydrazone groups is 1. The fourth-order valence-electron chi connectivity index (χ4n) is 1.82. The normalized spacial score (nSPS) is 10.5. The van der Waals surface area contributed by atoms with Gasteiger partial charge in [-0.3, -0.25) is 10.1 Å². The Morgan fingerprint density at radius 2 is 2.00 bits per heavy atom. The van der Waals surface area contributed by atoms with Crippen LogP contribution in [0.15, 0.2) is 47.6 Å². The second-order valence-electron chi connectivity index (χ2n) is 4.55. The number of anilines is 1. The molecule has 2 N–H and O–H groups in total. The second kappa shape index (κ2) is 7.37. The Kier molecular flexibility index (Phi) is 5.27. The number of urea groups is 1. The number of nitrogens with zero attached hydrogens (tertiary/aromatic N) is 2. The Morgan fingerprint density at radius 1 is 1.26 bits per heavy atom. The topological polar surface area (TPSA) is 96.6 Å². The van der Waals surface area contributed by atoms with Crippen LogP contribution in [-0.4, -0.2) is 17.2 Å². The number of nitrogens with one attached hydrogen (secondary N) is 2. The standard InChI is InChI=1S/C15H13ClN4O3/c1-10-12(16)6-4-7-13(10)18-15(21)19-17-9-11-5-2-3-8-14(11)20(22)23/h2-9H,1H3,(H2,18,19,21)/b17-9+. The van der Waals surface area contributed by atoms with Crippen LogP contribution in [0.5, 0.6) is 0 Å². The Bertz CT molecular complexity index is 777. The molecule has 0 aliphatic heterocycles. The van der Waals surface area contributed by atoms with E-state index >= 15 is 0 Å². The lowest BCUT2D eigenvalue weighted by Gasteiger charge is -2.08. The molecule has 0 heterocycles. The fourth-order valence-corrected chi connectivity index (χ4v) is 1.99. The second-order valence-corrected chi connectivity index (χ2v) is 4.96. The number of nitro benzene ring substituents is 1. The first kappa shape index (κ1) is 16.4. The largest absolute Gasteiger partial charge is 0.339 e. The third-order valence-electron chi connectivity index (χ3n) is 3.02. The predicted octanol–water partition coefficient (Wildman–Crippen LogP) is 3.71. The van der Waals surface area contributed by atoms with Gasteiger partial charge >= 0.3 is 6.03 Å². The average Bonchev–Trinajstić information content (AvgIpc) is 2.52. The zero-order valence-corrected chi connectivity index (χ0v) is 12.9. The van der Waals surface area contributed by atoms with E-state index < -0.39 is 11.0 Å². The summed E-state index contributed by atoms with van der Waals surface area (Å²) in [5.74, 6) is 0. The molecule has 0 bridgehead atoms. The molecular formula is C15H13ClN4O3. The van der Waals surface area contributed by atoms with Gasteiger partial charge in [-0.15, -0.1) is 0 Å². The molecule has 0 aromatic heterocycles. The molecular weight excluding hydrogens is 320 g/mol. The van der Waals surface area contributed by atoms with Gasteiger partial charge in [0.1, 0.15) is 0 Å². The Balaban J connectivity index is 2.02. The molecule has 118 valence electrons. The van der Waals surface area contributed by atoms with Crippen LogP contribution in [0, 0.1) is 17.0 Å². The lowest BCUT2D eigenvalue weighted by molar-refractivity contribution is -0.385. The van der Waals surface area contributed by atoms with E-state index in [1.807, 2.05) is 0 Å². The molecule has 0 spiro atoms. The summed E-state index contributed by atoms with van der Waals surface area (Å²) in [5.41, 5.74) is 3.72. The molecule has 23 heavy (non-hydrogen) atoms. The summed E-state index contributed by atoms with van der Waals surface area (Å²) < 4.78 is 0. The van der Waals surface area contributed by atoms with E-state index in [1.54, 1.807) is 37.3 Å². The van der Waals surface area contributed by atoms with Crippen molar-refractivity contribution in [1.29, 1.82) is 0 Å². The van der Waals surface area contributed by atoms with Crippen molar-refractivity contribution in [1.82, 2.24) is 5.43 Å². The zero-order chi connectivity index (χ0) is 16.8. The third kappa shape index (κ3) is 4.27. The Morgan fingerprint density at radius 3 is 2.74 bits per heavy atom. The van der Waals surface area contributed by atoms with Gasteiger partial charge in [0.05, 0.1) is 16.7 Å². The van der Waals surface area contributed by atoms with Gasteiger partial charge in [-0.1, -0.05) is 29.8 Å². The van der Waals surface area contributed by atoms with Crippen molar-refractivity contribution < 1.29 is 9.72 Å². The third-order valence-corrected chi connectivity index (χ3v) is 3.43. The van der Waals surface area contributed by atoms with Crippen LogP contribution in [0.1, 0.15) is 11.1 Å². The Labute approximate surface area is 137 Å². The van der Waals surface area contributed by atoms with E-state index in [1.165, 1.54) is 18.3 Å². The molecule has 0 unspecified atom stereocenters. The molecule has 2 amide bonds. The number of hydrogen-bond donors (Lipinski definition) is 2. The van der Waals surface area contributed by atoms with Crippen molar-refractivity contribution in [2.45, 2.75) is 6.92 Å². The molecule has 7 nitrogen and oxygen atoms in total. The number of amides is 2. The van der Waals surface area contributed by atoms with Gasteiger partial charge in [-0.25, -0.2) is 10.2 Å². The maximum atomic E-state index is 11.8. The van der Waals surface area contributed by atoms with E-state index in [0.717, 1.165) is 5.56 Å². The first-order valence-corrected chi connectivity index (χ1v) is 6.95. The van der Waals surface area contributed by atoms with E-state index in [2.05, 4.69) is 15.8 Å². The lowest BCUT2D eigenvalue weighted by Crippen LogP contribution is -2.24. The summed E-state index contributed by atoms with van der Waals surface area (Å²) in [5, 5.41) is 17.7. The van der Waals surface area contributed by atoms with Crippen LogP contribution in [-0.2, 0) is 0 Å². The van der Waals surface area contributed by atoms with Gasteiger partial charge in [0.15, 0.2) is 0 Å². The van der Waals surface area contributed by atoms with Crippen LogP contribution < -0.4 is 10.7 Å². The van der Waals surface area contributed by atoms with E-state index in [-0.39, 0.29) is 11.3 Å². The summed E-state index contributed by atoms with van der Waals surface area (Å²) in [6, 6.07) is 10.6. The Hall–Kier alpha value is -2.93. The molecule has 2 aromatic rings. The number of hydrogen-bond acceptors (Lipinski definition) is 4. The van der Waals surface area contributed by atoms with Crippen molar-refractivity contribution in [3.05, 3.63) is 68.7 Å². The summed E-state index contributed by atoms with van der Waals surface area (Å²) in [7, 11) is 0. The minimum absolute atomic E-state index is 0.0934. The first-order valence-electron chi connectivity index (χ1n) is 6.57. The average molecular weight is 333 g/mol. The number of benzene rings is 2. The molecule has 0 aliphatic rings. The minimum atomic E-state index is -0.579. The van der Waals surface area contributed by atoms with Crippen molar-refractivity contribution in [2.24, 2.45) is 5.10 Å². The van der Waals surface area contributed by atoms with Crippen LogP contribution in [0.25, 0.3) is 0 Å². The van der Waals surface area contributed by atoms with E-state index in [0.29, 0.717) is 10.7 Å². The number of rotatable bonds is 4. The van der Waals surface area contributed by atoms with Gasteiger partial charge in [0.2, 0.25) is 0 Å². The van der Waals surface area contributed by atoms with Gasteiger partial charge in [0.25, 0.3) is 5.69 Å². The zero-order valence-electron chi connectivity index (χ0n) is 12.1. The monoisotopic (exact) mass is 332 g/mol. The van der Waals surface area contributed by atoms with Gasteiger partial charge in [-0.05, 0) is 30.7 Å². The summed E-state index contributed by atoms with van der Waals surface area (Å²) in [4.78, 5) is 22.1. The number of halogens is 1. The number of nitro groups is 1.